The number of ether oxygens (including phenoxy) is 1. The number of hydrogen-bond donors (Lipinski definition) is 2. The Morgan fingerprint density at radius 2 is 2.20 bits per heavy atom. The lowest BCUT2D eigenvalue weighted by atomic mass is 9.84. The predicted octanol–water partition coefficient (Wildman–Crippen LogP) is 2.14. The Balaban J connectivity index is 1.35. The van der Waals surface area contributed by atoms with Crippen LogP contribution in [0.5, 0.6) is 5.75 Å². The van der Waals surface area contributed by atoms with E-state index >= 15 is 0 Å². The molecule has 1 spiro atoms. The number of likely N-dealkylation sites (tertiary alicyclic amines) is 1. The second kappa shape index (κ2) is 8.47. The molecule has 0 aliphatic carbocycles. The molecule has 4 rings (SSSR count). The summed E-state index contributed by atoms with van der Waals surface area (Å²) in [6, 6.07) is 5.01. The van der Waals surface area contributed by atoms with Crippen LogP contribution < -0.4 is 10.1 Å². The van der Waals surface area contributed by atoms with Crippen LogP contribution in [0.25, 0.3) is 0 Å². The number of hydrogen-bond acceptors (Lipinski definition) is 5. The number of Topliss-reactive ketones (excluding diaryl/α,β-unsaturated/α-hetero) is 1. The number of H-pyrrole nitrogens is 1. The molecule has 158 valence electrons. The van der Waals surface area contributed by atoms with Gasteiger partial charge in [-0.05, 0) is 36.6 Å². The second-order valence-corrected chi connectivity index (χ2v) is 8.23. The van der Waals surface area contributed by atoms with Crippen molar-refractivity contribution < 1.29 is 19.1 Å². The molecule has 0 radical (unpaired) electrons. The number of fused-ring (bicyclic) bond motifs is 1. The zero-order valence-electron chi connectivity index (χ0n) is 16.4. The highest BCUT2D eigenvalue weighted by atomic mass is 35.5. The van der Waals surface area contributed by atoms with Crippen LogP contribution in [0.2, 0.25) is 5.02 Å². The Kier molecular flexibility index (Phi) is 5.76. The molecule has 2 aromatic rings. The molecular weight excluding hydrogens is 408 g/mol. The second-order valence-electron chi connectivity index (χ2n) is 7.80. The van der Waals surface area contributed by atoms with E-state index in [1.54, 1.807) is 35.5 Å². The van der Waals surface area contributed by atoms with Crippen molar-refractivity contribution in [2.75, 3.05) is 19.6 Å². The van der Waals surface area contributed by atoms with Gasteiger partial charge in [-0.25, -0.2) is 0 Å². The molecular formula is C21H23ClN4O4. The maximum Gasteiger partial charge on any atom is 0.239 e. The van der Waals surface area contributed by atoms with Crippen molar-refractivity contribution in [1.82, 2.24) is 20.4 Å². The third-order valence-electron chi connectivity index (χ3n) is 5.66. The minimum atomic E-state index is -0.722. The van der Waals surface area contributed by atoms with Crippen molar-refractivity contribution in [2.24, 2.45) is 0 Å². The molecule has 9 heteroatoms. The molecule has 1 aromatic heterocycles. The first-order valence-corrected chi connectivity index (χ1v) is 10.4. The van der Waals surface area contributed by atoms with Crippen molar-refractivity contribution in [2.45, 2.75) is 37.7 Å². The molecule has 2 aliphatic heterocycles. The fourth-order valence-electron chi connectivity index (χ4n) is 3.98. The normalized spacial score (nSPS) is 21.2. The number of aromatic nitrogens is 2. The summed E-state index contributed by atoms with van der Waals surface area (Å²) in [7, 11) is 0. The maximum atomic E-state index is 12.7. The average Bonchev–Trinajstić information content (AvgIpc) is 3.19. The van der Waals surface area contributed by atoms with Crippen LogP contribution in [0.15, 0.2) is 30.6 Å². The zero-order valence-corrected chi connectivity index (χ0v) is 17.2. The first-order chi connectivity index (χ1) is 14.4. The lowest BCUT2D eigenvalue weighted by Gasteiger charge is -2.37. The maximum absolute atomic E-state index is 12.7. The predicted molar refractivity (Wildman–Crippen MR) is 109 cm³/mol. The Morgan fingerprint density at radius 3 is 3.00 bits per heavy atom. The molecule has 2 N–H and O–H groups in total. The van der Waals surface area contributed by atoms with E-state index in [1.165, 1.54) is 0 Å². The Hall–Kier alpha value is -2.87. The van der Waals surface area contributed by atoms with E-state index in [0.29, 0.717) is 48.7 Å². The first kappa shape index (κ1) is 20.4. The van der Waals surface area contributed by atoms with Crippen molar-refractivity contribution in [3.8, 4) is 5.75 Å². The fraction of sp³-hybridized carbons (Fsp3) is 0.429. The summed E-state index contributed by atoms with van der Waals surface area (Å²) >= 11 is 6.00. The molecule has 3 heterocycles. The van der Waals surface area contributed by atoms with E-state index in [0.717, 1.165) is 5.56 Å². The van der Waals surface area contributed by atoms with Gasteiger partial charge in [0.05, 0.1) is 24.7 Å². The van der Waals surface area contributed by atoms with Gasteiger partial charge in [-0.2, -0.15) is 5.10 Å². The van der Waals surface area contributed by atoms with E-state index in [2.05, 4.69) is 15.5 Å². The monoisotopic (exact) mass is 430 g/mol. The summed E-state index contributed by atoms with van der Waals surface area (Å²) in [4.78, 5) is 39.1. The van der Waals surface area contributed by atoms with Gasteiger partial charge in [-0.1, -0.05) is 11.6 Å². The molecule has 2 aliphatic rings. The van der Waals surface area contributed by atoms with Gasteiger partial charge in [-0.3, -0.25) is 19.5 Å². The van der Waals surface area contributed by atoms with Crippen LogP contribution in [0.3, 0.4) is 0 Å². The number of benzene rings is 1. The Bertz CT molecular complexity index is 962. The van der Waals surface area contributed by atoms with Crippen LogP contribution in [0, 0.1) is 0 Å². The van der Waals surface area contributed by atoms with Crippen molar-refractivity contribution >= 4 is 29.2 Å². The summed E-state index contributed by atoms with van der Waals surface area (Å²) in [6.45, 7) is 0.839. The Labute approximate surface area is 178 Å². The molecule has 1 atom stereocenters. The minimum absolute atomic E-state index is 0.000438. The number of amides is 2. The molecule has 0 unspecified atom stereocenters. The van der Waals surface area contributed by atoms with Crippen molar-refractivity contribution in [3.05, 3.63) is 46.7 Å². The number of carbonyl (C=O) groups excluding carboxylic acids is 3. The SMILES string of the molecule is O=C(CN1CC[C@]2(CCC1=O)CC(=O)c1cc(Cl)ccc1O2)NCCc1cn[nH]c1. The lowest BCUT2D eigenvalue weighted by Crippen LogP contribution is -2.44. The van der Waals surface area contributed by atoms with Gasteiger partial charge in [0, 0.05) is 37.2 Å². The summed E-state index contributed by atoms with van der Waals surface area (Å²) in [5.74, 6) is 0.170. The van der Waals surface area contributed by atoms with E-state index in [4.69, 9.17) is 16.3 Å². The fourth-order valence-corrected chi connectivity index (χ4v) is 4.16. The minimum Gasteiger partial charge on any atom is -0.486 e. The van der Waals surface area contributed by atoms with Gasteiger partial charge in [0.15, 0.2) is 5.78 Å². The molecule has 1 saturated heterocycles. The molecule has 0 saturated carbocycles. The molecule has 8 nitrogen and oxygen atoms in total. The third kappa shape index (κ3) is 4.48. The van der Waals surface area contributed by atoms with Gasteiger partial charge < -0.3 is 15.0 Å². The van der Waals surface area contributed by atoms with Gasteiger partial charge in [0.1, 0.15) is 11.4 Å². The average molecular weight is 431 g/mol. The number of rotatable bonds is 5. The number of nitrogens with zero attached hydrogens (tertiary/aromatic N) is 2. The largest absolute Gasteiger partial charge is 0.486 e. The van der Waals surface area contributed by atoms with Crippen LogP contribution in [-0.2, 0) is 16.0 Å². The molecule has 2 amide bonds. The number of ketones is 1. The molecule has 0 bridgehead atoms. The van der Waals surface area contributed by atoms with Crippen molar-refractivity contribution in [1.29, 1.82) is 0 Å². The van der Waals surface area contributed by atoms with E-state index in [-0.39, 0.29) is 37.0 Å². The number of carbonyl (C=O) groups is 3. The van der Waals surface area contributed by atoms with Crippen molar-refractivity contribution in [3.63, 3.8) is 0 Å². The molecule has 1 fully saturated rings. The summed E-state index contributed by atoms with van der Waals surface area (Å²) in [6.07, 6.45) is 5.53. The first-order valence-electron chi connectivity index (χ1n) is 9.98. The smallest absolute Gasteiger partial charge is 0.239 e. The van der Waals surface area contributed by atoms with Crippen LogP contribution in [0.1, 0.15) is 41.6 Å². The summed E-state index contributed by atoms with van der Waals surface area (Å²) in [5, 5.41) is 9.92. The zero-order chi connectivity index (χ0) is 21.1. The van der Waals surface area contributed by atoms with E-state index < -0.39 is 5.60 Å². The number of halogens is 1. The lowest BCUT2D eigenvalue weighted by molar-refractivity contribution is -0.135. The number of nitrogens with one attached hydrogen (secondary N) is 2. The standard InChI is InChI=1S/C21H23ClN4O4/c22-15-1-2-18-16(9-15)17(27)10-21(30-18)5-3-20(29)26(8-6-21)13-19(28)23-7-4-14-11-24-25-12-14/h1-2,9,11-12H,3-8,10,13H2,(H,23,28)(H,24,25)/t21-/m1/s1. The van der Waals surface area contributed by atoms with Crippen LogP contribution in [-0.4, -0.2) is 57.9 Å². The highest BCUT2D eigenvalue weighted by molar-refractivity contribution is 6.31. The van der Waals surface area contributed by atoms with Gasteiger partial charge in [-0.15, -0.1) is 0 Å². The summed E-state index contributed by atoms with van der Waals surface area (Å²) in [5.41, 5.74) is 0.765. The highest BCUT2D eigenvalue weighted by Crippen LogP contribution is 2.40. The van der Waals surface area contributed by atoms with Gasteiger partial charge in [0.25, 0.3) is 0 Å². The van der Waals surface area contributed by atoms with Gasteiger partial charge in [0.2, 0.25) is 11.8 Å². The third-order valence-corrected chi connectivity index (χ3v) is 5.90. The number of aromatic amines is 1. The topological polar surface area (TPSA) is 104 Å². The highest BCUT2D eigenvalue weighted by Gasteiger charge is 2.43. The van der Waals surface area contributed by atoms with Crippen LogP contribution in [0.4, 0.5) is 0 Å². The van der Waals surface area contributed by atoms with Crippen LogP contribution >= 0.6 is 11.6 Å². The Morgan fingerprint density at radius 1 is 1.33 bits per heavy atom. The molecule has 1 aromatic carbocycles. The quantitative estimate of drug-likeness (QED) is 0.756. The molecule has 30 heavy (non-hydrogen) atoms. The van der Waals surface area contributed by atoms with E-state index in [9.17, 15) is 14.4 Å². The summed E-state index contributed by atoms with van der Waals surface area (Å²) < 4.78 is 6.21. The van der Waals surface area contributed by atoms with Gasteiger partial charge >= 0.3 is 0 Å². The van der Waals surface area contributed by atoms with E-state index in [1.807, 2.05) is 0 Å².